The number of carbonyl (C=O) groups excluding carboxylic acids is 1. The minimum atomic E-state index is -0.469. The Balaban J connectivity index is 1.48. The Morgan fingerprint density at radius 1 is 1.26 bits per heavy atom. The van der Waals surface area contributed by atoms with E-state index in [1.165, 1.54) is 12.1 Å². The molecular formula is C18H18FNO3. The SMILES string of the molecule is CN(CCOc1ccc(F)cc1)C(=O)C1Cc2ccccc2O1. The molecule has 23 heavy (non-hydrogen) atoms. The Bertz CT molecular complexity index is 662. The number of benzene rings is 2. The van der Waals surface area contributed by atoms with Gasteiger partial charge in [0.2, 0.25) is 0 Å². The molecule has 1 atom stereocenters. The van der Waals surface area contributed by atoms with Crippen LogP contribution in [-0.4, -0.2) is 37.1 Å². The van der Waals surface area contributed by atoms with Crippen molar-refractivity contribution in [1.82, 2.24) is 4.90 Å². The van der Waals surface area contributed by atoms with Crippen molar-refractivity contribution in [3.63, 3.8) is 0 Å². The molecule has 0 aliphatic carbocycles. The molecule has 2 aromatic carbocycles. The average molecular weight is 315 g/mol. The maximum Gasteiger partial charge on any atom is 0.263 e. The van der Waals surface area contributed by atoms with Crippen LogP contribution in [0.4, 0.5) is 4.39 Å². The standard InChI is InChI=1S/C18H18FNO3/c1-20(10-11-22-15-8-6-14(19)7-9-15)18(21)17-12-13-4-2-3-5-16(13)23-17/h2-9,17H,10-12H2,1H3. The van der Waals surface area contributed by atoms with Gasteiger partial charge in [0.05, 0.1) is 6.54 Å². The van der Waals surface area contributed by atoms with Crippen LogP contribution in [0, 0.1) is 5.82 Å². The lowest BCUT2D eigenvalue weighted by molar-refractivity contribution is -0.136. The topological polar surface area (TPSA) is 38.8 Å². The molecule has 1 unspecified atom stereocenters. The Labute approximate surface area is 134 Å². The van der Waals surface area contributed by atoms with E-state index in [9.17, 15) is 9.18 Å². The molecule has 3 rings (SSSR count). The second kappa shape index (κ2) is 6.69. The third kappa shape index (κ3) is 3.62. The van der Waals surface area contributed by atoms with Gasteiger partial charge in [0, 0.05) is 13.5 Å². The number of hydrogen-bond acceptors (Lipinski definition) is 3. The number of carbonyl (C=O) groups is 1. The van der Waals surface area contributed by atoms with Gasteiger partial charge in [0.1, 0.15) is 23.9 Å². The van der Waals surface area contributed by atoms with Gasteiger partial charge in [-0.05, 0) is 35.9 Å². The zero-order valence-corrected chi connectivity index (χ0v) is 12.9. The van der Waals surface area contributed by atoms with Crippen molar-refractivity contribution < 1.29 is 18.7 Å². The van der Waals surface area contributed by atoms with E-state index >= 15 is 0 Å². The molecule has 1 aliphatic rings. The third-order valence-corrected chi connectivity index (χ3v) is 3.81. The smallest absolute Gasteiger partial charge is 0.263 e. The summed E-state index contributed by atoms with van der Waals surface area (Å²) in [6.07, 6.45) is 0.126. The van der Waals surface area contributed by atoms with E-state index in [0.717, 1.165) is 11.3 Å². The van der Waals surface area contributed by atoms with Gasteiger partial charge in [-0.2, -0.15) is 0 Å². The molecule has 0 spiro atoms. The highest BCUT2D eigenvalue weighted by Gasteiger charge is 2.30. The van der Waals surface area contributed by atoms with Crippen LogP contribution in [0.1, 0.15) is 5.56 Å². The fourth-order valence-electron chi connectivity index (χ4n) is 2.51. The quantitative estimate of drug-likeness (QED) is 0.851. The first-order valence-corrected chi connectivity index (χ1v) is 7.51. The average Bonchev–Trinajstić information content (AvgIpc) is 3.00. The highest BCUT2D eigenvalue weighted by Crippen LogP contribution is 2.28. The van der Waals surface area contributed by atoms with Crippen LogP contribution < -0.4 is 9.47 Å². The van der Waals surface area contributed by atoms with E-state index in [1.807, 2.05) is 24.3 Å². The predicted octanol–water partition coefficient (Wildman–Crippen LogP) is 2.67. The summed E-state index contributed by atoms with van der Waals surface area (Å²) in [5.41, 5.74) is 1.06. The van der Waals surface area contributed by atoms with Crippen LogP contribution in [0.5, 0.6) is 11.5 Å². The number of nitrogens with zero attached hydrogens (tertiary/aromatic N) is 1. The summed E-state index contributed by atoms with van der Waals surface area (Å²) in [6.45, 7) is 0.778. The normalized spacial score (nSPS) is 15.7. The Hall–Kier alpha value is -2.56. The molecule has 120 valence electrons. The summed E-state index contributed by atoms with van der Waals surface area (Å²) in [5, 5.41) is 0. The summed E-state index contributed by atoms with van der Waals surface area (Å²) in [5.74, 6) is 0.991. The molecular weight excluding hydrogens is 297 g/mol. The van der Waals surface area contributed by atoms with Gasteiger partial charge in [-0.3, -0.25) is 4.79 Å². The van der Waals surface area contributed by atoms with E-state index in [1.54, 1.807) is 24.1 Å². The zero-order chi connectivity index (χ0) is 16.2. The largest absolute Gasteiger partial charge is 0.492 e. The molecule has 0 radical (unpaired) electrons. The minimum Gasteiger partial charge on any atom is -0.492 e. The van der Waals surface area contributed by atoms with Crippen LogP contribution >= 0.6 is 0 Å². The van der Waals surface area contributed by atoms with E-state index in [2.05, 4.69) is 0 Å². The van der Waals surface area contributed by atoms with Crippen LogP contribution in [0.2, 0.25) is 0 Å². The first kappa shape index (κ1) is 15.3. The molecule has 0 aromatic heterocycles. The molecule has 0 fully saturated rings. The summed E-state index contributed by atoms with van der Waals surface area (Å²) < 4.78 is 24.0. The van der Waals surface area contributed by atoms with Crippen molar-refractivity contribution >= 4 is 5.91 Å². The number of hydrogen-bond donors (Lipinski definition) is 0. The van der Waals surface area contributed by atoms with Gasteiger partial charge in [-0.25, -0.2) is 4.39 Å². The molecule has 0 bridgehead atoms. The van der Waals surface area contributed by atoms with Gasteiger partial charge in [0.15, 0.2) is 6.10 Å². The van der Waals surface area contributed by atoms with Crippen LogP contribution in [0.25, 0.3) is 0 Å². The number of para-hydroxylation sites is 1. The Morgan fingerprint density at radius 3 is 2.74 bits per heavy atom. The lowest BCUT2D eigenvalue weighted by Gasteiger charge is -2.21. The van der Waals surface area contributed by atoms with Crippen LogP contribution in [-0.2, 0) is 11.2 Å². The maximum absolute atomic E-state index is 12.8. The van der Waals surface area contributed by atoms with Gasteiger partial charge >= 0.3 is 0 Å². The van der Waals surface area contributed by atoms with Crippen LogP contribution in [0.15, 0.2) is 48.5 Å². The lowest BCUT2D eigenvalue weighted by Crippen LogP contribution is -2.40. The van der Waals surface area contributed by atoms with Crippen LogP contribution in [0.3, 0.4) is 0 Å². The number of rotatable bonds is 5. The summed E-state index contributed by atoms with van der Waals surface area (Å²) >= 11 is 0. The summed E-state index contributed by atoms with van der Waals surface area (Å²) in [6, 6.07) is 13.5. The van der Waals surface area contributed by atoms with Crippen molar-refractivity contribution in [3.8, 4) is 11.5 Å². The third-order valence-electron chi connectivity index (χ3n) is 3.81. The van der Waals surface area contributed by atoms with Crippen molar-refractivity contribution in [2.45, 2.75) is 12.5 Å². The molecule has 0 saturated carbocycles. The van der Waals surface area contributed by atoms with Gasteiger partial charge in [0.25, 0.3) is 5.91 Å². The molecule has 0 N–H and O–H groups in total. The summed E-state index contributed by atoms with van der Waals surface area (Å²) in [4.78, 5) is 14.0. The van der Waals surface area contributed by atoms with Crippen molar-refractivity contribution in [2.75, 3.05) is 20.2 Å². The Kier molecular flexibility index (Phi) is 4.46. The van der Waals surface area contributed by atoms with Gasteiger partial charge in [-0.1, -0.05) is 18.2 Å². The predicted molar refractivity (Wildman–Crippen MR) is 84.1 cm³/mol. The molecule has 2 aromatic rings. The van der Waals surface area contributed by atoms with E-state index < -0.39 is 6.10 Å². The highest BCUT2D eigenvalue weighted by molar-refractivity contribution is 5.82. The number of fused-ring (bicyclic) bond motifs is 1. The highest BCUT2D eigenvalue weighted by atomic mass is 19.1. The van der Waals surface area contributed by atoms with E-state index in [0.29, 0.717) is 25.3 Å². The first-order valence-electron chi connectivity index (χ1n) is 7.51. The lowest BCUT2D eigenvalue weighted by atomic mass is 10.1. The number of amides is 1. The molecule has 1 aliphatic heterocycles. The molecule has 0 saturated heterocycles. The fraction of sp³-hybridized carbons (Fsp3) is 0.278. The molecule has 4 nitrogen and oxygen atoms in total. The van der Waals surface area contributed by atoms with Crippen molar-refractivity contribution in [1.29, 1.82) is 0 Å². The second-order valence-electron chi connectivity index (χ2n) is 5.48. The zero-order valence-electron chi connectivity index (χ0n) is 12.9. The van der Waals surface area contributed by atoms with E-state index in [4.69, 9.17) is 9.47 Å². The monoisotopic (exact) mass is 315 g/mol. The number of likely N-dealkylation sites (N-methyl/N-ethyl adjacent to an activating group) is 1. The Morgan fingerprint density at radius 2 is 2.00 bits per heavy atom. The minimum absolute atomic E-state index is 0.0658. The molecule has 5 heteroatoms. The number of ether oxygens (including phenoxy) is 2. The fourth-order valence-corrected chi connectivity index (χ4v) is 2.51. The van der Waals surface area contributed by atoms with E-state index in [-0.39, 0.29) is 11.7 Å². The maximum atomic E-state index is 12.8. The number of halogens is 1. The van der Waals surface area contributed by atoms with Crippen molar-refractivity contribution in [3.05, 3.63) is 59.9 Å². The second-order valence-corrected chi connectivity index (χ2v) is 5.48. The summed E-state index contributed by atoms with van der Waals surface area (Å²) in [7, 11) is 1.72. The first-order chi connectivity index (χ1) is 11.1. The van der Waals surface area contributed by atoms with Gasteiger partial charge in [-0.15, -0.1) is 0 Å². The van der Waals surface area contributed by atoms with Crippen molar-refractivity contribution in [2.24, 2.45) is 0 Å². The molecule has 1 heterocycles. The molecule has 1 amide bonds. The van der Waals surface area contributed by atoms with Gasteiger partial charge < -0.3 is 14.4 Å².